The maximum absolute atomic E-state index is 11.8. The highest BCUT2D eigenvalue weighted by molar-refractivity contribution is 5.75. The Kier molecular flexibility index (Phi) is 8.89. The molecule has 1 fully saturated rings. The number of nitrogens with zero attached hydrogens (tertiary/aromatic N) is 1. The zero-order valence-corrected chi connectivity index (χ0v) is 12.9. The van der Waals surface area contributed by atoms with Crippen LogP contribution in [0.5, 0.6) is 0 Å². The predicted octanol–water partition coefficient (Wildman–Crippen LogP) is 3.34. The summed E-state index contributed by atoms with van der Waals surface area (Å²) in [6.45, 7) is 7.06. The van der Waals surface area contributed by atoms with Crippen LogP contribution in [-0.4, -0.2) is 36.5 Å². The Morgan fingerprint density at radius 2 is 1.79 bits per heavy atom. The molecule has 3 heteroatoms. The van der Waals surface area contributed by atoms with E-state index in [0.717, 1.165) is 44.9 Å². The van der Waals surface area contributed by atoms with Crippen molar-refractivity contribution < 1.29 is 4.79 Å². The zero-order valence-electron chi connectivity index (χ0n) is 12.9. The Balaban J connectivity index is 2.14. The number of rotatable bonds is 9. The number of unbranched alkanes of at least 4 members (excludes halogenated alkanes) is 1. The topological polar surface area (TPSA) is 32.3 Å². The van der Waals surface area contributed by atoms with Crippen LogP contribution in [0.1, 0.15) is 71.6 Å². The van der Waals surface area contributed by atoms with Crippen molar-refractivity contribution >= 4 is 5.91 Å². The first kappa shape index (κ1) is 16.5. The van der Waals surface area contributed by atoms with Gasteiger partial charge in [0.05, 0.1) is 0 Å². The summed E-state index contributed by atoms with van der Waals surface area (Å²) in [7, 11) is 0. The van der Waals surface area contributed by atoms with Gasteiger partial charge < -0.3 is 10.2 Å². The van der Waals surface area contributed by atoms with Crippen molar-refractivity contribution in [3.8, 4) is 0 Å². The molecule has 0 saturated heterocycles. The maximum Gasteiger partial charge on any atom is 0.222 e. The number of carbonyl (C=O) groups is 1. The van der Waals surface area contributed by atoms with Crippen LogP contribution in [-0.2, 0) is 4.79 Å². The minimum Gasteiger partial charge on any atom is -0.343 e. The molecule has 0 aromatic carbocycles. The van der Waals surface area contributed by atoms with Gasteiger partial charge in [-0.15, -0.1) is 0 Å². The normalized spacial score (nSPS) is 16.5. The molecule has 0 unspecified atom stereocenters. The van der Waals surface area contributed by atoms with Crippen LogP contribution in [0.15, 0.2) is 0 Å². The van der Waals surface area contributed by atoms with Crippen LogP contribution >= 0.6 is 0 Å². The molecule has 1 amide bonds. The third kappa shape index (κ3) is 6.95. The van der Waals surface area contributed by atoms with E-state index in [2.05, 4.69) is 12.2 Å². The fourth-order valence-corrected chi connectivity index (χ4v) is 2.82. The molecule has 0 spiro atoms. The monoisotopic (exact) mass is 268 g/mol. The summed E-state index contributed by atoms with van der Waals surface area (Å²) < 4.78 is 0. The molecule has 1 rings (SSSR count). The van der Waals surface area contributed by atoms with E-state index in [0.29, 0.717) is 12.3 Å². The lowest BCUT2D eigenvalue weighted by Crippen LogP contribution is -2.36. The summed E-state index contributed by atoms with van der Waals surface area (Å²) in [6, 6.07) is 0.736. The highest BCUT2D eigenvalue weighted by Gasteiger charge is 2.13. The molecule has 0 atom stereocenters. The van der Waals surface area contributed by atoms with E-state index in [1.165, 1.54) is 32.1 Å². The Morgan fingerprint density at radius 3 is 2.42 bits per heavy atom. The SMILES string of the molecule is CCCCN(CCCNC1CCCCC1)C(=O)CC. The van der Waals surface area contributed by atoms with Crippen LogP contribution in [0.25, 0.3) is 0 Å². The fourth-order valence-electron chi connectivity index (χ4n) is 2.82. The smallest absolute Gasteiger partial charge is 0.222 e. The largest absolute Gasteiger partial charge is 0.343 e. The van der Waals surface area contributed by atoms with Crippen LogP contribution < -0.4 is 5.32 Å². The summed E-state index contributed by atoms with van der Waals surface area (Å²) in [5.41, 5.74) is 0. The Morgan fingerprint density at radius 1 is 1.11 bits per heavy atom. The van der Waals surface area contributed by atoms with Gasteiger partial charge in [-0.1, -0.05) is 39.5 Å². The number of nitrogens with one attached hydrogen (secondary N) is 1. The Labute approximate surface area is 119 Å². The molecule has 1 N–H and O–H groups in total. The van der Waals surface area contributed by atoms with Gasteiger partial charge in [0.25, 0.3) is 0 Å². The second-order valence-electron chi connectivity index (χ2n) is 5.73. The molecule has 0 aromatic heterocycles. The van der Waals surface area contributed by atoms with E-state index in [1.54, 1.807) is 0 Å². The van der Waals surface area contributed by atoms with Gasteiger partial charge in [0.15, 0.2) is 0 Å². The van der Waals surface area contributed by atoms with Crippen molar-refractivity contribution in [1.29, 1.82) is 0 Å². The summed E-state index contributed by atoms with van der Waals surface area (Å²) >= 11 is 0. The molecule has 3 nitrogen and oxygen atoms in total. The molecule has 0 aromatic rings. The van der Waals surface area contributed by atoms with Crippen molar-refractivity contribution in [2.24, 2.45) is 0 Å². The molecule has 0 radical (unpaired) electrons. The third-order valence-electron chi connectivity index (χ3n) is 4.08. The maximum atomic E-state index is 11.8. The van der Waals surface area contributed by atoms with Crippen molar-refractivity contribution in [3.63, 3.8) is 0 Å². The average Bonchev–Trinajstić information content (AvgIpc) is 2.47. The number of carbonyl (C=O) groups excluding carboxylic acids is 1. The quantitative estimate of drug-likeness (QED) is 0.651. The van der Waals surface area contributed by atoms with E-state index in [1.807, 2.05) is 11.8 Å². The number of hydrogen-bond donors (Lipinski definition) is 1. The highest BCUT2D eigenvalue weighted by atomic mass is 16.2. The Bertz CT molecular complexity index is 237. The first-order chi connectivity index (χ1) is 9.27. The van der Waals surface area contributed by atoms with Gasteiger partial charge in [-0.3, -0.25) is 4.79 Å². The molecule has 1 saturated carbocycles. The van der Waals surface area contributed by atoms with Crippen LogP contribution in [0.3, 0.4) is 0 Å². The molecular weight excluding hydrogens is 236 g/mol. The van der Waals surface area contributed by atoms with Gasteiger partial charge in [-0.05, 0) is 32.2 Å². The van der Waals surface area contributed by atoms with E-state index in [9.17, 15) is 4.79 Å². The van der Waals surface area contributed by atoms with Gasteiger partial charge in [0.1, 0.15) is 0 Å². The molecule has 0 heterocycles. The lowest BCUT2D eigenvalue weighted by molar-refractivity contribution is -0.131. The molecule has 0 aliphatic heterocycles. The second kappa shape index (κ2) is 10.2. The molecule has 0 bridgehead atoms. The van der Waals surface area contributed by atoms with Crippen LogP contribution in [0, 0.1) is 0 Å². The number of hydrogen-bond acceptors (Lipinski definition) is 2. The van der Waals surface area contributed by atoms with Gasteiger partial charge in [0.2, 0.25) is 5.91 Å². The van der Waals surface area contributed by atoms with E-state index in [4.69, 9.17) is 0 Å². The van der Waals surface area contributed by atoms with Crippen molar-refractivity contribution in [3.05, 3.63) is 0 Å². The average molecular weight is 268 g/mol. The summed E-state index contributed by atoms with van der Waals surface area (Å²) in [5.74, 6) is 0.311. The van der Waals surface area contributed by atoms with E-state index >= 15 is 0 Å². The minimum absolute atomic E-state index is 0.311. The van der Waals surface area contributed by atoms with Gasteiger partial charge >= 0.3 is 0 Å². The van der Waals surface area contributed by atoms with Gasteiger partial charge in [-0.25, -0.2) is 0 Å². The predicted molar refractivity (Wildman–Crippen MR) is 81.3 cm³/mol. The summed E-state index contributed by atoms with van der Waals surface area (Å²) in [4.78, 5) is 13.9. The Hall–Kier alpha value is -0.570. The van der Waals surface area contributed by atoms with Crippen LogP contribution in [0.4, 0.5) is 0 Å². The van der Waals surface area contributed by atoms with E-state index in [-0.39, 0.29) is 0 Å². The zero-order chi connectivity index (χ0) is 13.9. The van der Waals surface area contributed by atoms with Gasteiger partial charge in [-0.2, -0.15) is 0 Å². The summed E-state index contributed by atoms with van der Waals surface area (Å²) in [5, 5.41) is 3.65. The number of amides is 1. The molecule has 1 aliphatic carbocycles. The third-order valence-corrected chi connectivity index (χ3v) is 4.08. The molecule has 1 aliphatic rings. The van der Waals surface area contributed by atoms with Crippen molar-refractivity contribution in [2.45, 2.75) is 77.7 Å². The van der Waals surface area contributed by atoms with Crippen molar-refractivity contribution in [2.75, 3.05) is 19.6 Å². The molecule has 19 heavy (non-hydrogen) atoms. The molecule has 112 valence electrons. The molecular formula is C16H32N2O. The lowest BCUT2D eigenvalue weighted by Gasteiger charge is -2.25. The minimum atomic E-state index is 0.311. The van der Waals surface area contributed by atoms with Crippen LogP contribution in [0.2, 0.25) is 0 Å². The second-order valence-corrected chi connectivity index (χ2v) is 5.73. The van der Waals surface area contributed by atoms with Gasteiger partial charge in [0, 0.05) is 25.6 Å². The summed E-state index contributed by atoms with van der Waals surface area (Å²) in [6.07, 6.45) is 10.9. The first-order valence-corrected chi connectivity index (χ1v) is 8.29. The van der Waals surface area contributed by atoms with Crippen molar-refractivity contribution in [1.82, 2.24) is 10.2 Å². The fraction of sp³-hybridized carbons (Fsp3) is 0.938. The van der Waals surface area contributed by atoms with E-state index < -0.39 is 0 Å². The standard InChI is InChI=1S/C16H32N2O/c1-3-5-13-18(16(19)4-2)14-9-12-17-15-10-7-6-8-11-15/h15,17H,3-14H2,1-2H3. The highest BCUT2D eigenvalue weighted by Crippen LogP contribution is 2.17. The lowest BCUT2D eigenvalue weighted by atomic mass is 9.95. The first-order valence-electron chi connectivity index (χ1n) is 8.29.